The van der Waals surface area contributed by atoms with Crippen molar-refractivity contribution in [2.75, 3.05) is 26.7 Å². The van der Waals surface area contributed by atoms with E-state index < -0.39 is 11.9 Å². The Balaban J connectivity index is 4.06. The lowest BCUT2D eigenvalue weighted by atomic mass is 10.3. The summed E-state index contributed by atoms with van der Waals surface area (Å²) in [6.07, 6.45) is 0.0804. The topological polar surface area (TPSA) is 107 Å². The molecule has 0 saturated carbocycles. The molecule has 15 heavy (non-hydrogen) atoms. The molecule has 0 bridgehead atoms. The fourth-order valence-electron chi connectivity index (χ4n) is 0.981. The number of hydrogen-bond donors (Lipinski definition) is 3. The Labute approximate surface area is 86.7 Å². The van der Waals surface area contributed by atoms with E-state index in [2.05, 4.69) is 5.32 Å². The van der Waals surface area contributed by atoms with Crippen LogP contribution in [0, 0.1) is 0 Å². The Morgan fingerprint density at radius 1 is 1.13 bits per heavy atom. The van der Waals surface area contributed by atoms with Crippen LogP contribution in [0.15, 0.2) is 0 Å². The van der Waals surface area contributed by atoms with Gasteiger partial charge in [-0.3, -0.25) is 19.3 Å². The highest BCUT2D eigenvalue weighted by molar-refractivity contribution is 5.76. The number of nitrogens with one attached hydrogen (secondary N) is 1. The lowest BCUT2D eigenvalue weighted by Gasteiger charge is -2.16. The standard InChI is InChI=1S/C8H14N2O5/c1-9-6(11)2-3-10(4-7(12)13)5-8(14)15/h2-5H2,1H3,(H,9,11)(H,12,13)(H,14,15). The molecule has 0 aliphatic rings. The van der Waals surface area contributed by atoms with E-state index in [1.54, 1.807) is 0 Å². The maximum absolute atomic E-state index is 10.9. The molecule has 3 N–H and O–H groups in total. The van der Waals surface area contributed by atoms with E-state index in [9.17, 15) is 14.4 Å². The van der Waals surface area contributed by atoms with Crippen LogP contribution in [-0.4, -0.2) is 59.6 Å². The number of rotatable bonds is 7. The minimum absolute atomic E-state index is 0.0804. The summed E-state index contributed by atoms with van der Waals surface area (Å²) < 4.78 is 0. The molecular weight excluding hydrogens is 204 g/mol. The highest BCUT2D eigenvalue weighted by Crippen LogP contribution is 1.92. The normalized spacial score (nSPS) is 10.0. The molecule has 7 heteroatoms. The summed E-state index contributed by atoms with van der Waals surface area (Å²) in [5.74, 6) is -2.49. The van der Waals surface area contributed by atoms with Crippen LogP contribution in [0.3, 0.4) is 0 Å². The van der Waals surface area contributed by atoms with Crippen molar-refractivity contribution >= 4 is 17.8 Å². The average Bonchev–Trinajstić information content (AvgIpc) is 2.11. The van der Waals surface area contributed by atoms with Crippen LogP contribution in [0.2, 0.25) is 0 Å². The van der Waals surface area contributed by atoms with E-state index in [4.69, 9.17) is 10.2 Å². The molecule has 0 aromatic carbocycles. The molecule has 7 nitrogen and oxygen atoms in total. The van der Waals surface area contributed by atoms with Crippen molar-refractivity contribution in [1.29, 1.82) is 0 Å². The van der Waals surface area contributed by atoms with Gasteiger partial charge in [-0.1, -0.05) is 0 Å². The largest absolute Gasteiger partial charge is 0.480 e. The van der Waals surface area contributed by atoms with Crippen LogP contribution < -0.4 is 5.32 Å². The third-order valence-corrected chi connectivity index (χ3v) is 1.65. The zero-order chi connectivity index (χ0) is 11.8. The first-order valence-electron chi connectivity index (χ1n) is 4.32. The van der Waals surface area contributed by atoms with Crippen LogP contribution in [0.25, 0.3) is 0 Å². The molecule has 0 heterocycles. The van der Waals surface area contributed by atoms with Crippen molar-refractivity contribution in [3.63, 3.8) is 0 Å². The average molecular weight is 218 g/mol. The Morgan fingerprint density at radius 2 is 1.60 bits per heavy atom. The van der Waals surface area contributed by atoms with Crippen molar-refractivity contribution < 1.29 is 24.6 Å². The predicted octanol–water partition coefficient (Wildman–Crippen LogP) is -1.41. The van der Waals surface area contributed by atoms with E-state index in [1.165, 1.54) is 11.9 Å². The van der Waals surface area contributed by atoms with Gasteiger partial charge in [-0.2, -0.15) is 0 Å². The molecule has 86 valence electrons. The second-order valence-electron chi connectivity index (χ2n) is 2.92. The van der Waals surface area contributed by atoms with Crippen molar-refractivity contribution in [3.05, 3.63) is 0 Å². The molecule has 0 unspecified atom stereocenters. The highest BCUT2D eigenvalue weighted by atomic mass is 16.4. The van der Waals surface area contributed by atoms with Gasteiger partial charge in [-0.05, 0) is 0 Å². The minimum atomic E-state index is -1.12. The van der Waals surface area contributed by atoms with Gasteiger partial charge < -0.3 is 15.5 Å². The molecule has 0 aromatic rings. The van der Waals surface area contributed by atoms with Crippen LogP contribution >= 0.6 is 0 Å². The molecule has 0 radical (unpaired) electrons. The summed E-state index contributed by atoms with van der Waals surface area (Å²) in [6, 6.07) is 0. The van der Waals surface area contributed by atoms with Gasteiger partial charge in [-0.25, -0.2) is 0 Å². The predicted molar refractivity (Wildman–Crippen MR) is 50.4 cm³/mol. The Kier molecular flexibility index (Phi) is 6.03. The van der Waals surface area contributed by atoms with Crippen molar-refractivity contribution in [3.8, 4) is 0 Å². The molecule has 0 aromatic heterocycles. The Hall–Kier alpha value is -1.63. The second kappa shape index (κ2) is 6.77. The number of aliphatic carboxylic acids is 2. The zero-order valence-corrected chi connectivity index (χ0v) is 8.39. The van der Waals surface area contributed by atoms with E-state index >= 15 is 0 Å². The van der Waals surface area contributed by atoms with Crippen LogP contribution in [0.5, 0.6) is 0 Å². The molecule has 0 fully saturated rings. The minimum Gasteiger partial charge on any atom is -0.480 e. The maximum Gasteiger partial charge on any atom is 0.317 e. The highest BCUT2D eigenvalue weighted by Gasteiger charge is 2.14. The quantitative estimate of drug-likeness (QED) is 0.485. The summed E-state index contributed by atoms with van der Waals surface area (Å²) in [5.41, 5.74) is 0. The van der Waals surface area contributed by atoms with Crippen molar-refractivity contribution in [2.45, 2.75) is 6.42 Å². The maximum atomic E-state index is 10.9. The SMILES string of the molecule is CNC(=O)CCN(CC(=O)O)CC(=O)O. The monoisotopic (exact) mass is 218 g/mol. The van der Waals surface area contributed by atoms with Crippen molar-refractivity contribution in [2.24, 2.45) is 0 Å². The molecule has 0 rings (SSSR count). The molecule has 0 atom stereocenters. The van der Waals surface area contributed by atoms with Crippen LogP contribution in [-0.2, 0) is 14.4 Å². The number of nitrogens with zero attached hydrogens (tertiary/aromatic N) is 1. The molecule has 0 aliphatic carbocycles. The third kappa shape index (κ3) is 7.44. The molecule has 1 amide bonds. The number of carbonyl (C=O) groups is 3. The molecule has 0 aliphatic heterocycles. The van der Waals surface area contributed by atoms with E-state index in [0.717, 1.165) is 0 Å². The molecule has 0 spiro atoms. The first-order valence-corrected chi connectivity index (χ1v) is 4.32. The smallest absolute Gasteiger partial charge is 0.317 e. The van der Waals surface area contributed by atoms with Gasteiger partial charge in [0.1, 0.15) is 0 Å². The van der Waals surface area contributed by atoms with E-state index in [-0.39, 0.29) is 32.0 Å². The van der Waals surface area contributed by atoms with Gasteiger partial charge >= 0.3 is 11.9 Å². The first kappa shape index (κ1) is 13.4. The summed E-state index contributed by atoms with van der Waals surface area (Å²) in [4.78, 5) is 32.8. The third-order valence-electron chi connectivity index (χ3n) is 1.65. The van der Waals surface area contributed by atoms with E-state index in [0.29, 0.717) is 0 Å². The summed E-state index contributed by atoms with van der Waals surface area (Å²) in [7, 11) is 1.46. The zero-order valence-electron chi connectivity index (χ0n) is 8.39. The van der Waals surface area contributed by atoms with Crippen LogP contribution in [0.1, 0.15) is 6.42 Å². The summed E-state index contributed by atoms with van der Waals surface area (Å²) >= 11 is 0. The Morgan fingerprint density at radius 3 is 1.93 bits per heavy atom. The second-order valence-corrected chi connectivity index (χ2v) is 2.92. The summed E-state index contributed by atoms with van der Waals surface area (Å²) in [5, 5.41) is 19.3. The van der Waals surface area contributed by atoms with Gasteiger partial charge in [0.05, 0.1) is 13.1 Å². The van der Waals surface area contributed by atoms with Gasteiger partial charge in [-0.15, -0.1) is 0 Å². The number of carboxylic acids is 2. The Bertz CT molecular complexity index is 237. The number of carboxylic acid groups (broad SMARTS) is 2. The van der Waals surface area contributed by atoms with Gasteiger partial charge in [0, 0.05) is 20.0 Å². The van der Waals surface area contributed by atoms with Gasteiger partial charge in [0.2, 0.25) is 5.91 Å². The van der Waals surface area contributed by atoms with Gasteiger partial charge in [0.15, 0.2) is 0 Å². The summed E-state index contributed by atoms with van der Waals surface area (Å²) in [6.45, 7) is -0.662. The van der Waals surface area contributed by atoms with Gasteiger partial charge in [0.25, 0.3) is 0 Å². The lowest BCUT2D eigenvalue weighted by molar-refractivity contribution is -0.142. The van der Waals surface area contributed by atoms with Crippen LogP contribution in [0.4, 0.5) is 0 Å². The number of hydrogen-bond acceptors (Lipinski definition) is 4. The van der Waals surface area contributed by atoms with E-state index in [1.807, 2.05) is 0 Å². The lowest BCUT2D eigenvalue weighted by Crippen LogP contribution is -2.37. The fraction of sp³-hybridized carbons (Fsp3) is 0.625. The van der Waals surface area contributed by atoms with Crippen molar-refractivity contribution in [1.82, 2.24) is 10.2 Å². The number of carbonyl (C=O) groups excluding carboxylic acids is 1. The number of amides is 1. The molecular formula is C8H14N2O5. The molecule has 0 saturated heterocycles. The first-order chi connectivity index (χ1) is 6.95. The fourth-order valence-corrected chi connectivity index (χ4v) is 0.981.